The van der Waals surface area contributed by atoms with E-state index >= 15 is 0 Å². The molecule has 1 heterocycles. The molecule has 0 fully saturated rings. The fourth-order valence-corrected chi connectivity index (χ4v) is 4.23. The van der Waals surface area contributed by atoms with Gasteiger partial charge in [-0.05, 0) is 41.4 Å². The molecule has 0 amide bonds. The lowest BCUT2D eigenvalue weighted by atomic mass is 10.4. The third-order valence-electron chi connectivity index (χ3n) is 3.01. The highest BCUT2D eigenvalue weighted by molar-refractivity contribution is 9.10. The van der Waals surface area contributed by atoms with Gasteiger partial charge in [-0.25, -0.2) is 13.1 Å². The van der Waals surface area contributed by atoms with Crippen LogP contribution in [0.15, 0.2) is 27.7 Å². The molecule has 0 bridgehead atoms. The van der Waals surface area contributed by atoms with Crippen LogP contribution in [-0.2, 0) is 16.6 Å². The van der Waals surface area contributed by atoms with Crippen molar-refractivity contribution in [2.45, 2.75) is 24.8 Å². The molecule has 0 radical (unpaired) electrons. The first-order valence-corrected chi connectivity index (χ1v) is 9.95. The van der Waals surface area contributed by atoms with Gasteiger partial charge in [0.05, 0.1) is 25.2 Å². The van der Waals surface area contributed by atoms with Crippen LogP contribution >= 0.6 is 50.7 Å². The molecule has 0 aliphatic rings. The summed E-state index contributed by atoms with van der Waals surface area (Å²) in [6.45, 7) is 2.72. The Bertz CT molecular complexity index is 805. The molecule has 2 aromatic rings. The third kappa shape index (κ3) is 4.84. The predicted octanol–water partition coefficient (Wildman–Crippen LogP) is 4.28. The number of aromatic nitrogens is 2. The van der Waals surface area contributed by atoms with E-state index in [4.69, 9.17) is 34.8 Å². The fraction of sp³-hybridized carbons (Fsp3) is 0.308. The van der Waals surface area contributed by atoms with Crippen molar-refractivity contribution in [3.05, 3.63) is 43.6 Å². The van der Waals surface area contributed by atoms with Crippen molar-refractivity contribution in [1.82, 2.24) is 14.5 Å². The number of nitrogens with one attached hydrogen (secondary N) is 1. The van der Waals surface area contributed by atoms with Gasteiger partial charge in [0, 0.05) is 19.3 Å². The summed E-state index contributed by atoms with van der Waals surface area (Å²) in [5, 5.41) is 4.64. The largest absolute Gasteiger partial charge is 0.271 e. The topological polar surface area (TPSA) is 64.0 Å². The number of nitrogens with zero attached hydrogens (tertiary/aromatic N) is 2. The number of aryl methyl sites for hydroxylation is 2. The van der Waals surface area contributed by atoms with Crippen LogP contribution < -0.4 is 4.72 Å². The van der Waals surface area contributed by atoms with Gasteiger partial charge in [0.15, 0.2) is 0 Å². The fourth-order valence-electron chi connectivity index (χ4n) is 1.84. The molecule has 126 valence electrons. The van der Waals surface area contributed by atoms with E-state index in [9.17, 15) is 8.42 Å². The van der Waals surface area contributed by atoms with E-state index in [0.717, 1.165) is 10.2 Å². The zero-order valence-electron chi connectivity index (χ0n) is 12.0. The second-order valence-corrected chi connectivity index (χ2v) is 8.58. The minimum absolute atomic E-state index is 0.0264. The summed E-state index contributed by atoms with van der Waals surface area (Å²) < 4.78 is 29.7. The van der Waals surface area contributed by atoms with E-state index < -0.39 is 10.0 Å². The van der Waals surface area contributed by atoms with Crippen LogP contribution in [0.25, 0.3) is 0 Å². The molecule has 1 aromatic carbocycles. The monoisotopic (exact) mass is 459 g/mol. The van der Waals surface area contributed by atoms with Crippen LogP contribution in [0, 0.1) is 6.92 Å². The molecule has 5 nitrogen and oxygen atoms in total. The van der Waals surface area contributed by atoms with Gasteiger partial charge in [0.2, 0.25) is 10.0 Å². The third-order valence-corrected chi connectivity index (χ3v) is 6.43. The molecule has 0 saturated carbocycles. The Kier molecular flexibility index (Phi) is 6.38. The van der Waals surface area contributed by atoms with Gasteiger partial charge in [0.25, 0.3) is 0 Å². The Hall–Kier alpha value is -0.310. The normalized spacial score (nSPS) is 11.9. The summed E-state index contributed by atoms with van der Waals surface area (Å²) in [6.07, 6.45) is 2.42. The van der Waals surface area contributed by atoms with Crippen molar-refractivity contribution in [3.8, 4) is 0 Å². The van der Waals surface area contributed by atoms with Crippen molar-refractivity contribution in [2.75, 3.05) is 6.54 Å². The van der Waals surface area contributed by atoms with Crippen molar-refractivity contribution in [3.63, 3.8) is 0 Å². The number of benzene rings is 1. The highest BCUT2D eigenvalue weighted by Gasteiger charge is 2.19. The second-order valence-electron chi connectivity index (χ2n) is 4.77. The first-order valence-electron chi connectivity index (χ1n) is 6.54. The van der Waals surface area contributed by atoms with Crippen LogP contribution in [0.5, 0.6) is 0 Å². The number of halogens is 4. The number of rotatable bonds is 6. The molecule has 10 heteroatoms. The molecule has 0 spiro atoms. The molecule has 1 N–H and O–H groups in total. The van der Waals surface area contributed by atoms with E-state index in [0.29, 0.717) is 13.0 Å². The number of hydrogen-bond acceptors (Lipinski definition) is 3. The predicted molar refractivity (Wildman–Crippen MR) is 95.9 cm³/mol. The van der Waals surface area contributed by atoms with Crippen LogP contribution in [0.3, 0.4) is 0 Å². The van der Waals surface area contributed by atoms with Gasteiger partial charge in [-0.3, -0.25) is 4.68 Å². The lowest BCUT2D eigenvalue weighted by Crippen LogP contribution is -2.26. The van der Waals surface area contributed by atoms with Crippen molar-refractivity contribution >= 4 is 60.8 Å². The summed E-state index contributed by atoms with van der Waals surface area (Å²) in [5.74, 6) is 0. The molecule has 0 saturated heterocycles. The molecule has 0 atom stereocenters. The molecule has 23 heavy (non-hydrogen) atoms. The van der Waals surface area contributed by atoms with Crippen molar-refractivity contribution < 1.29 is 8.42 Å². The summed E-state index contributed by atoms with van der Waals surface area (Å²) in [6, 6.07) is 2.55. The molecular formula is C13H13BrCl3N3O2S. The Morgan fingerprint density at radius 3 is 2.48 bits per heavy atom. The van der Waals surface area contributed by atoms with Crippen LogP contribution in [0.4, 0.5) is 0 Å². The first kappa shape index (κ1) is 19.0. The maximum Gasteiger partial charge on any atom is 0.242 e. The minimum atomic E-state index is -3.75. The van der Waals surface area contributed by atoms with Gasteiger partial charge in [-0.15, -0.1) is 0 Å². The highest BCUT2D eigenvalue weighted by atomic mass is 79.9. The highest BCUT2D eigenvalue weighted by Crippen LogP contribution is 2.31. The molecule has 0 unspecified atom stereocenters. The van der Waals surface area contributed by atoms with E-state index in [2.05, 4.69) is 25.8 Å². The van der Waals surface area contributed by atoms with Crippen LogP contribution in [0.1, 0.15) is 12.1 Å². The Morgan fingerprint density at radius 1 is 1.22 bits per heavy atom. The molecule has 0 aliphatic carbocycles. The average Bonchev–Trinajstić information content (AvgIpc) is 2.78. The zero-order valence-corrected chi connectivity index (χ0v) is 16.7. The van der Waals surface area contributed by atoms with Crippen LogP contribution in [-0.4, -0.2) is 24.7 Å². The van der Waals surface area contributed by atoms with E-state index in [1.54, 1.807) is 4.68 Å². The van der Waals surface area contributed by atoms with Gasteiger partial charge >= 0.3 is 0 Å². The SMILES string of the molecule is Cc1nn(CCCNS(=O)(=O)c2cc(Cl)c(Cl)cc2Cl)cc1Br. The van der Waals surface area contributed by atoms with E-state index in [1.807, 2.05) is 13.1 Å². The summed E-state index contributed by atoms with van der Waals surface area (Å²) in [5.41, 5.74) is 0.883. The van der Waals surface area contributed by atoms with Crippen LogP contribution in [0.2, 0.25) is 15.1 Å². The Morgan fingerprint density at radius 2 is 1.87 bits per heavy atom. The zero-order chi connectivity index (χ0) is 17.2. The van der Waals surface area contributed by atoms with Gasteiger partial charge < -0.3 is 0 Å². The summed E-state index contributed by atoms with van der Waals surface area (Å²) in [4.78, 5) is -0.0914. The first-order chi connectivity index (χ1) is 10.7. The Balaban J connectivity index is 1.98. The van der Waals surface area contributed by atoms with Gasteiger partial charge in [-0.2, -0.15) is 5.10 Å². The van der Waals surface area contributed by atoms with E-state index in [1.165, 1.54) is 12.1 Å². The second kappa shape index (κ2) is 7.72. The van der Waals surface area contributed by atoms with Gasteiger partial charge in [-0.1, -0.05) is 34.8 Å². The lowest BCUT2D eigenvalue weighted by Gasteiger charge is -2.09. The molecule has 0 aliphatic heterocycles. The summed E-state index contributed by atoms with van der Waals surface area (Å²) in [7, 11) is -3.75. The average molecular weight is 462 g/mol. The molecular weight excluding hydrogens is 448 g/mol. The van der Waals surface area contributed by atoms with Crippen molar-refractivity contribution in [2.24, 2.45) is 0 Å². The smallest absolute Gasteiger partial charge is 0.242 e. The molecule has 1 aromatic heterocycles. The maximum absolute atomic E-state index is 12.3. The summed E-state index contributed by atoms with van der Waals surface area (Å²) >= 11 is 21.0. The number of hydrogen-bond donors (Lipinski definition) is 1. The van der Waals surface area contributed by atoms with Crippen molar-refractivity contribution in [1.29, 1.82) is 0 Å². The number of sulfonamides is 1. The maximum atomic E-state index is 12.3. The standard InChI is InChI=1S/C13H13BrCl3N3O2S/c1-8-9(14)7-20(19-8)4-2-3-18-23(21,22)13-6-11(16)10(15)5-12(13)17/h5-7,18H,2-4H2,1H3. The lowest BCUT2D eigenvalue weighted by molar-refractivity contribution is 0.551. The van der Waals surface area contributed by atoms with E-state index in [-0.39, 0.29) is 26.5 Å². The quantitative estimate of drug-likeness (QED) is 0.516. The minimum Gasteiger partial charge on any atom is -0.271 e. The molecule has 2 rings (SSSR count). The van der Waals surface area contributed by atoms with Gasteiger partial charge in [0.1, 0.15) is 4.90 Å². The Labute approximate surface area is 158 Å².